The third kappa shape index (κ3) is 2.87. The van der Waals surface area contributed by atoms with Gasteiger partial charge in [-0.25, -0.2) is 0 Å². The standard InChI is InChI=1S/C14H12BrClS/c1-2-17-13-9-5-7-11(15)14(13)10-6-3-4-8-12(10)16/h3-9H,2H2,1H3. The largest absolute Gasteiger partial charge is 0.126 e. The van der Waals surface area contributed by atoms with E-state index in [0.717, 1.165) is 20.8 Å². The molecule has 0 heterocycles. The maximum absolute atomic E-state index is 6.27. The van der Waals surface area contributed by atoms with E-state index in [1.54, 1.807) is 0 Å². The third-order valence-electron chi connectivity index (χ3n) is 2.42. The highest BCUT2D eigenvalue weighted by Gasteiger charge is 2.11. The summed E-state index contributed by atoms with van der Waals surface area (Å²) in [5.41, 5.74) is 2.27. The smallest absolute Gasteiger partial charge is 0.0485 e. The highest BCUT2D eigenvalue weighted by Crippen LogP contribution is 2.40. The maximum atomic E-state index is 6.27. The van der Waals surface area contributed by atoms with Gasteiger partial charge in [-0.1, -0.05) is 58.7 Å². The summed E-state index contributed by atoms with van der Waals surface area (Å²) in [6.45, 7) is 2.15. The first-order chi connectivity index (χ1) is 8.24. The fourth-order valence-electron chi connectivity index (χ4n) is 1.71. The number of halogens is 2. The van der Waals surface area contributed by atoms with Crippen LogP contribution in [0.5, 0.6) is 0 Å². The second-order valence-electron chi connectivity index (χ2n) is 3.53. The van der Waals surface area contributed by atoms with Crippen molar-refractivity contribution in [3.8, 4) is 11.1 Å². The van der Waals surface area contributed by atoms with Gasteiger partial charge in [-0.15, -0.1) is 11.8 Å². The van der Waals surface area contributed by atoms with Crippen molar-refractivity contribution in [2.75, 3.05) is 5.75 Å². The molecule has 2 aromatic carbocycles. The molecule has 0 bridgehead atoms. The lowest BCUT2D eigenvalue weighted by Crippen LogP contribution is -1.86. The Kier molecular flexibility index (Phi) is 4.55. The van der Waals surface area contributed by atoms with Crippen LogP contribution in [0.3, 0.4) is 0 Å². The van der Waals surface area contributed by atoms with Gasteiger partial charge < -0.3 is 0 Å². The Morgan fingerprint density at radius 1 is 1.12 bits per heavy atom. The topological polar surface area (TPSA) is 0 Å². The molecule has 0 atom stereocenters. The van der Waals surface area contributed by atoms with E-state index in [0.29, 0.717) is 0 Å². The lowest BCUT2D eigenvalue weighted by molar-refractivity contribution is 1.40. The van der Waals surface area contributed by atoms with Crippen LogP contribution < -0.4 is 0 Å². The van der Waals surface area contributed by atoms with Gasteiger partial charge in [0.2, 0.25) is 0 Å². The Morgan fingerprint density at radius 3 is 2.59 bits per heavy atom. The molecule has 0 amide bonds. The van der Waals surface area contributed by atoms with Crippen molar-refractivity contribution in [1.82, 2.24) is 0 Å². The lowest BCUT2D eigenvalue weighted by Gasteiger charge is -2.12. The first kappa shape index (κ1) is 13.0. The van der Waals surface area contributed by atoms with E-state index in [2.05, 4.69) is 47.1 Å². The Hall–Kier alpha value is -0.440. The minimum absolute atomic E-state index is 0.789. The van der Waals surface area contributed by atoms with E-state index < -0.39 is 0 Å². The second-order valence-corrected chi connectivity index (χ2v) is 6.09. The maximum Gasteiger partial charge on any atom is 0.0485 e. The lowest BCUT2D eigenvalue weighted by atomic mass is 10.1. The molecule has 0 spiro atoms. The van der Waals surface area contributed by atoms with Gasteiger partial charge in [0.1, 0.15) is 0 Å². The Labute approximate surface area is 120 Å². The first-order valence-corrected chi connectivity index (χ1v) is 7.56. The van der Waals surface area contributed by atoms with Crippen LogP contribution in [0.1, 0.15) is 6.92 Å². The number of rotatable bonds is 3. The molecule has 0 unspecified atom stereocenters. The van der Waals surface area contributed by atoms with Crippen LogP contribution in [-0.4, -0.2) is 5.75 Å². The summed E-state index contributed by atoms with van der Waals surface area (Å²) >= 11 is 11.7. The van der Waals surface area contributed by atoms with Crippen LogP contribution in [0.15, 0.2) is 51.8 Å². The number of hydrogen-bond acceptors (Lipinski definition) is 1. The van der Waals surface area contributed by atoms with Crippen molar-refractivity contribution >= 4 is 39.3 Å². The van der Waals surface area contributed by atoms with Crippen molar-refractivity contribution in [1.29, 1.82) is 0 Å². The van der Waals surface area contributed by atoms with Gasteiger partial charge >= 0.3 is 0 Å². The molecule has 0 saturated carbocycles. The van der Waals surface area contributed by atoms with Gasteiger partial charge in [-0.2, -0.15) is 0 Å². The van der Waals surface area contributed by atoms with Crippen molar-refractivity contribution in [2.45, 2.75) is 11.8 Å². The van der Waals surface area contributed by atoms with Crippen LogP contribution in [0.4, 0.5) is 0 Å². The minimum atomic E-state index is 0.789. The molecule has 2 aromatic rings. The molecular formula is C14H12BrClS. The molecule has 0 N–H and O–H groups in total. The molecule has 0 aliphatic rings. The highest BCUT2D eigenvalue weighted by molar-refractivity contribution is 9.10. The van der Waals surface area contributed by atoms with Gasteiger partial charge in [0.05, 0.1) is 0 Å². The summed E-state index contributed by atoms with van der Waals surface area (Å²) < 4.78 is 1.09. The summed E-state index contributed by atoms with van der Waals surface area (Å²) in [6, 6.07) is 14.2. The summed E-state index contributed by atoms with van der Waals surface area (Å²) in [5.74, 6) is 1.05. The third-order valence-corrected chi connectivity index (χ3v) is 4.35. The average Bonchev–Trinajstić information content (AvgIpc) is 2.31. The normalized spacial score (nSPS) is 10.5. The highest BCUT2D eigenvalue weighted by atomic mass is 79.9. The Balaban J connectivity index is 2.61. The zero-order chi connectivity index (χ0) is 12.3. The minimum Gasteiger partial charge on any atom is -0.126 e. The Morgan fingerprint density at radius 2 is 1.88 bits per heavy atom. The predicted octanol–water partition coefficient (Wildman–Crippen LogP) is 5.88. The quantitative estimate of drug-likeness (QED) is 0.634. The predicted molar refractivity (Wildman–Crippen MR) is 81.0 cm³/mol. The molecule has 0 nitrogen and oxygen atoms in total. The molecule has 2 rings (SSSR count). The second kappa shape index (κ2) is 5.94. The fraction of sp³-hybridized carbons (Fsp3) is 0.143. The average molecular weight is 328 g/mol. The molecule has 88 valence electrons. The van der Waals surface area contributed by atoms with E-state index in [1.807, 2.05) is 30.0 Å². The van der Waals surface area contributed by atoms with Crippen LogP contribution >= 0.6 is 39.3 Å². The van der Waals surface area contributed by atoms with Gasteiger partial charge in [0.15, 0.2) is 0 Å². The van der Waals surface area contributed by atoms with E-state index >= 15 is 0 Å². The molecule has 0 aliphatic heterocycles. The van der Waals surface area contributed by atoms with Gasteiger partial charge in [0, 0.05) is 25.5 Å². The molecule has 0 fully saturated rings. The number of benzene rings is 2. The van der Waals surface area contributed by atoms with Crippen LogP contribution in [0.2, 0.25) is 5.02 Å². The monoisotopic (exact) mass is 326 g/mol. The summed E-state index contributed by atoms with van der Waals surface area (Å²) in [5, 5.41) is 0.789. The van der Waals surface area contributed by atoms with Gasteiger partial charge in [-0.05, 0) is 24.0 Å². The van der Waals surface area contributed by atoms with Gasteiger partial charge in [0.25, 0.3) is 0 Å². The van der Waals surface area contributed by atoms with Crippen LogP contribution in [0, 0.1) is 0 Å². The molecule has 0 radical (unpaired) electrons. The number of hydrogen-bond donors (Lipinski definition) is 0. The molecule has 17 heavy (non-hydrogen) atoms. The summed E-state index contributed by atoms with van der Waals surface area (Å²) in [4.78, 5) is 1.26. The van der Waals surface area contributed by atoms with Crippen LogP contribution in [0.25, 0.3) is 11.1 Å². The van der Waals surface area contributed by atoms with Crippen molar-refractivity contribution in [3.05, 3.63) is 52.0 Å². The zero-order valence-electron chi connectivity index (χ0n) is 9.41. The zero-order valence-corrected chi connectivity index (χ0v) is 12.6. The van der Waals surface area contributed by atoms with E-state index in [-0.39, 0.29) is 0 Å². The molecule has 3 heteroatoms. The molecule has 0 saturated heterocycles. The van der Waals surface area contributed by atoms with Gasteiger partial charge in [-0.3, -0.25) is 0 Å². The molecular weight excluding hydrogens is 316 g/mol. The van der Waals surface area contributed by atoms with Crippen molar-refractivity contribution in [3.63, 3.8) is 0 Å². The molecule has 0 aliphatic carbocycles. The molecule has 0 aromatic heterocycles. The summed E-state index contributed by atoms with van der Waals surface area (Å²) in [6.07, 6.45) is 0. The van der Waals surface area contributed by atoms with E-state index in [9.17, 15) is 0 Å². The SMILES string of the molecule is CCSc1cccc(Br)c1-c1ccccc1Cl. The van der Waals surface area contributed by atoms with Crippen molar-refractivity contribution in [2.24, 2.45) is 0 Å². The summed E-state index contributed by atoms with van der Waals surface area (Å²) in [7, 11) is 0. The van der Waals surface area contributed by atoms with E-state index in [1.165, 1.54) is 10.5 Å². The fourth-order valence-corrected chi connectivity index (χ4v) is 3.50. The first-order valence-electron chi connectivity index (χ1n) is 5.40. The van der Waals surface area contributed by atoms with Crippen LogP contribution in [-0.2, 0) is 0 Å². The van der Waals surface area contributed by atoms with Crippen molar-refractivity contribution < 1.29 is 0 Å². The number of thioether (sulfide) groups is 1. The van der Waals surface area contributed by atoms with E-state index in [4.69, 9.17) is 11.6 Å². The Bertz CT molecular complexity index is 525.